The summed E-state index contributed by atoms with van der Waals surface area (Å²) in [4.78, 5) is 10.9. The van der Waals surface area contributed by atoms with Crippen LogP contribution in [0, 0.1) is 6.92 Å². The van der Waals surface area contributed by atoms with Crippen molar-refractivity contribution in [3.05, 3.63) is 40.6 Å². The third-order valence-corrected chi connectivity index (χ3v) is 4.38. The maximum atomic E-state index is 10.9. The zero-order valence-corrected chi connectivity index (χ0v) is 13.3. The first-order valence-electron chi connectivity index (χ1n) is 7.89. The van der Waals surface area contributed by atoms with Crippen LogP contribution >= 0.6 is 0 Å². The van der Waals surface area contributed by atoms with Gasteiger partial charge in [0.2, 0.25) is 6.41 Å². The van der Waals surface area contributed by atoms with E-state index in [9.17, 15) is 4.79 Å². The van der Waals surface area contributed by atoms with Crippen molar-refractivity contribution in [1.29, 1.82) is 0 Å². The predicted molar refractivity (Wildman–Crippen MR) is 88.1 cm³/mol. The molecule has 0 aromatic heterocycles. The number of hydrogen-bond acceptors (Lipinski definition) is 2. The molecule has 0 saturated heterocycles. The molecular weight excluding hydrogens is 260 g/mol. The van der Waals surface area contributed by atoms with Gasteiger partial charge in [-0.15, -0.1) is 0 Å². The monoisotopic (exact) mass is 286 g/mol. The third-order valence-electron chi connectivity index (χ3n) is 4.38. The molecule has 1 saturated carbocycles. The molecular formula is C18H26N2O. The number of aryl methyl sites for hydroxylation is 1. The van der Waals surface area contributed by atoms with Crippen LogP contribution in [0.15, 0.2) is 23.9 Å². The van der Waals surface area contributed by atoms with Crippen molar-refractivity contribution in [3.63, 3.8) is 0 Å². The van der Waals surface area contributed by atoms with Gasteiger partial charge in [0.25, 0.3) is 0 Å². The average Bonchev–Trinajstić information content (AvgIpc) is 2.41. The van der Waals surface area contributed by atoms with Crippen molar-refractivity contribution >= 4 is 12.0 Å². The maximum absolute atomic E-state index is 10.9. The van der Waals surface area contributed by atoms with Crippen LogP contribution in [0.25, 0.3) is 5.57 Å². The van der Waals surface area contributed by atoms with Crippen molar-refractivity contribution < 1.29 is 4.79 Å². The van der Waals surface area contributed by atoms with Crippen LogP contribution in [-0.2, 0) is 4.79 Å². The quantitative estimate of drug-likeness (QED) is 0.755. The second-order valence-corrected chi connectivity index (χ2v) is 5.82. The van der Waals surface area contributed by atoms with E-state index in [0.717, 1.165) is 18.5 Å². The summed E-state index contributed by atoms with van der Waals surface area (Å²) in [6.07, 6.45) is 5.60. The number of carbonyl (C=O) groups is 1. The highest BCUT2D eigenvalue weighted by Crippen LogP contribution is 2.41. The predicted octanol–water partition coefficient (Wildman–Crippen LogP) is 3.35. The fraction of sp³-hybridized carbons (Fsp3) is 0.500. The lowest BCUT2D eigenvalue weighted by Gasteiger charge is -2.29. The summed E-state index contributed by atoms with van der Waals surface area (Å²) < 4.78 is 0. The summed E-state index contributed by atoms with van der Waals surface area (Å²) in [6.45, 7) is 4.97. The number of rotatable bonds is 7. The summed E-state index contributed by atoms with van der Waals surface area (Å²) in [7, 11) is 1.91. The van der Waals surface area contributed by atoms with Gasteiger partial charge < -0.3 is 10.6 Å². The molecule has 114 valence electrons. The minimum atomic E-state index is 0.681. The van der Waals surface area contributed by atoms with Crippen LogP contribution < -0.4 is 10.6 Å². The summed E-state index contributed by atoms with van der Waals surface area (Å²) in [5, 5.41) is 6.04. The molecule has 1 aliphatic carbocycles. The fourth-order valence-corrected chi connectivity index (χ4v) is 3.07. The van der Waals surface area contributed by atoms with Gasteiger partial charge in [0.15, 0.2) is 0 Å². The van der Waals surface area contributed by atoms with Gasteiger partial charge in [0, 0.05) is 12.2 Å². The van der Waals surface area contributed by atoms with E-state index in [1.54, 1.807) is 0 Å². The largest absolute Gasteiger partial charge is 0.331 e. The van der Waals surface area contributed by atoms with Gasteiger partial charge >= 0.3 is 0 Å². The van der Waals surface area contributed by atoms with Gasteiger partial charge in [-0.05, 0) is 55.9 Å². The van der Waals surface area contributed by atoms with E-state index in [-0.39, 0.29) is 0 Å². The fourth-order valence-electron chi connectivity index (χ4n) is 3.07. The minimum Gasteiger partial charge on any atom is -0.331 e. The highest BCUT2D eigenvalue weighted by atomic mass is 16.1. The normalized spacial score (nSPS) is 16.1. The summed E-state index contributed by atoms with van der Waals surface area (Å²) >= 11 is 0. The summed E-state index contributed by atoms with van der Waals surface area (Å²) in [6, 6.07) is 6.76. The summed E-state index contributed by atoms with van der Waals surface area (Å²) in [5.74, 6) is 0.689. The van der Waals surface area contributed by atoms with E-state index < -0.39 is 0 Å². The molecule has 3 heteroatoms. The molecule has 0 radical (unpaired) electrons. The Morgan fingerprint density at radius 3 is 2.67 bits per heavy atom. The van der Waals surface area contributed by atoms with E-state index in [2.05, 4.69) is 42.7 Å². The number of nitrogens with one attached hydrogen (secondary N) is 2. The van der Waals surface area contributed by atoms with E-state index in [1.165, 1.54) is 41.5 Å². The highest BCUT2D eigenvalue weighted by molar-refractivity contribution is 5.74. The Labute approximate surface area is 127 Å². The molecule has 0 bridgehead atoms. The molecule has 2 N–H and O–H groups in total. The van der Waals surface area contributed by atoms with Gasteiger partial charge in [-0.2, -0.15) is 0 Å². The molecule has 3 nitrogen and oxygen atoms in total. The molecule has 1 aliphatic rings. The van der Waals surface area contributed by atoms with Crippen LogP contribution in [0.4, 0.5) is 0 Å². The molecule has 1 aromatic rings. The van der Waals surface area contributed by atoms with Gasteiger partial charge in [0.1, 0.15) is 0 Å². The Balaban J connectivity index is 2.50. The van der Waals surface area contributed by atoms with E-state index in [0.29, 0.717) is 12.5 Å². The third kappa shape index (κ3) is 3.53. The Kier molecular flexibility index (Phi) is 5.57. The van der Waals surface area contributed by atoms with E-state index >= 15 is 0 Å². The van der Waals surface area contributed by atoms with Crippen molar-refractivity contribution in [3.8, 4) is 0 Å². The Morgan fingerprint density at radius 2 is 2.14 bits per heavy atom. The second kappa shape index (κ2) is 7.41. The standard InChI is InChI=1S/C18H26N2O/c1-4-15(18(11-19-3)20-12-21)17-10-13(2)8-9-16(17)14-6-5-7-14/h8-10,12,14,19H,4-7,11H2,1-3H3,(H,20,21)/b18-15-. The van der Waals surface area contributed by atoms with Crippen LogP contribution in [0.2, 0.25) is 0 Å². The lowest BCUT2D eigenvalue weighted by molar-refractivity contribution is -0.108. The smallest absolute Gasteiger partial charge is 0.211 e. The number of amides is 1. The Morgan fingerprint density at radius 1 is 1.38 bits per heavy atom. The molecule has 2 rings (SSSR count). The number of allylic oxidation sites excluding steroid dienone is 1. The maximum Gasteiger partial charge on any atom is 0.211 e. The number of hydrogen-bond donors (Lipinski definition) is 2. The van der Waals surface area contributed by atoms with Crippen LogP contribution in [-0.4, -0.2) is 20.0 Å². The van der Waals surface area contributed by atoms with Crippen molar-refractivity contribution in [2.24, 2.45) is 0 Å². The number of benzene rings is 1. The topological polar surface area (TPSA) is 41.1 Å². The van der Waals surface area contributed by atoms with Gasteiger partial charge in [-0.1, -0.05) is 37.1 Å². The first-order chi connectivity index (χ1) is 10.2. The SMILES string of the molecule is CC/C(=C(\CNC)NC=O)c1cc(C)ccc1C1CCC1. The van der Waals surface area contributed by atoms with Gasteiger partial charge in [-0.25, -0.2) is 0 Å². The lowest BCUT2D eigenvalue weighted by atomic mass is 9.76. The molecule has 0 aliphatic heterocycles. The molecule has 0 spiro atoms. The zero-order chi connectivity index (χ0) is 15.2. The lowest BCUT2D eigenvalue weighted by Crippen LogP contribution is -2.23. The molecule has 1 fully saturated rings. The Hall–Kier alpha value is -1.61. The van der Waals surface area contributed by atoms with Crippen LogP contribution in [0.1, 0.15) is 55.2 Å². The molecule has 0 atom stereocenters. The minimum absolute atomic E-state index is 0.681. The molecule has 0 unspecified atom stereocenters. The zero-order valence-electron chi connectivity index (χ0n) is 13.3. The molecule has 0 heterocycles. The molecule has 1 aromatic carbocycles. The van der Waals surface area contributed by atoms with E-state index in [1.807, 2.05) is 7.05 Å². The number of likely N-dealkylation sites (N-methyl/N-ethyl adjacent to an activating group) is 1. The van der Waals surface area contributed by atoms with Crippen LogP contribution in [0.5, 0.6) is 0 Å². The first kappa shape index (κ1) is 15.8. The average molecular weight is 286 g/mol. The first-order valence-corrected chi connectivity index (χ1v) is 7.89. The van der Waals surface area contributed by atoms with E-state index in [4.69, 9.17) is 0 Å². The molecule has 21 heavy (non-hydrogen) atoms. The van der Waals surface area contributed by atoms with Gasteiger partial charge in [-0.3, -0.25) is 4.79 Å². The molecule has 1 amide bonds. The summed E-state index contributed by atoms with van der Waals surface area (Å²) in [5.41, 5.74) is 6.28. The van der Waals surface area contributed by atoms with Crippen molar-refractivity contribution in [2.75, 3.05) is 13.6 Å². The second-order valence-electron chi connectivity index (χ2n) is 5.82. The van der Waals surface area contributed by atoms with Crippen molar-refractivity contribution in [2.45, 2.75) is 45.4 Å². The van der Waals surface area contributed by atoms with Crippen LogP contribution in [0.3, 0.4) is 0 Å². The Bertz CT molecular complexity index is 530. The highest BCUT2D eigenvalue weighted by Gasteiger charge is 2.23. The van der Waals surface area contributed by atoms with Crippen molar-refractivity contribution in [1.82, 2.24) is 10.6 Å². The number of carbonyl (C=O) groups excluding carboxylic acids is 1. The van der Waals surface area contributed by atoms with Gasteiger partial charge in [0.05, 0.1) is 0 Å².